The molecule has 0 aliphatic carbocycles. The van der Waals surface area contributed by atoms with E-state index < -0.39 is 0 Å². The van der Waals surface area contributed by atoms with E-state index in [4.69, 9.17) is 9.47 Å². The fourth-order valence-electron chi connectivity index (χ4n) is 2.52. The number of epoxide rings is 1. The van der Waals surface area contributed by atoms with Gasteiger partial charge in [0.15, 0.2) is 0 Å². The van der Waals surface area contributed by atoms with Crippen LogP contribution in [0.15, 0.2) is 48.6 Å². The van der Waals surface area contributed by atoms with Crippen molar-refractivity contribution in [2.45, 2.75) is 70.2 Å². The van der Waals surface area contributed by atoms with Gasteiger partial charge in [0, 0.05) is 12.8 Å². The van der Waals surface area contributed by atoms with Crippen LogP contribution in [0.1, 0.15) is 51.9 Å². The number of rotatable bonds is 7. The fourth-order valence-corrected chi connectivity index (χ4v) is 2.52. The van der Waals surface area contributed by atoms with Gasteiger partial charge >= 0.3 is 5.97 Å². The zero-order valence-corrected chi connectivity index (χ0v) is 14.0. The second-order valence-corrected chi connectivity index (χ2v) is 5.97. The van der Waals surface area contributed by atoms with Crippen molar-refractivity contribution < 1.29 is 14.3 Å². The van der Waals surface area contributed by atoms with Gasteiger partial charge in [0.05, 0.1) is 6.10 Å². The zero-order valence-electron chi connectivity index (χ0n) is 14.0. The predicted molar refractivity (Wildman–Crippen MR) is 93.1 cm³/mol. The van der Waals surface area contributed by atoms with Crippen LogP contribution in [-0.4, -0.2) is 24.3 Å². The summed E-state index contributed by atoms with van der Waals surface area (Å²) in [5.74, 6) is -0.0975. The molecule has 1 fully saturated rings. The van der Waals surface area contributed by atoms with Crippen LogP contribution in [0.25, 0.3) is 0 Å². The molecule has 2 heterocycles. The van der Waals surface area contributed by atoms with Crippen LogP contribution >= 0.6 is 0 Å². The Kier molecular flexibility index (Phi) is 7.88. The molecule has 0 aromatic rings. The topological polar surface area (TPSA) is 38.8 Å². The molecule has 126 valence electrons. The highest BCUT2D eigenvalue weighted by Gasteiger charge is 2.35. The number of allylic oxidation sites excluding steroid dienone is 4. The summed E-state index contributed by atoms with van der Waals surface area (Å²) in [6.45, 7) is 2.14. The lowest BCUT2D eigenvalue weighted by Gasteiger charge is -2.11. The number of hydrogen-bond donors (Lipinski definition) is 0. The van der Waals surface area contributed by atoms with E-state index in [1.165, 1.54) is 0 Å². The Bertz CT molecular complexity index is 473. The third kappa shape index (κ3) is 7.47. The molecule has 2 rings (SSSR count). The van der Waals surface area contributed by atoms with Crippen LogP contribution < -0.4 is 0 Å². The molecule has 0 unspecified atom stereocenters. The Labute approximate surface area is 139 Å². The first-order valence-corrected chi connectivity index (χ1v) is 8.78. The van der Waals surface area contributed by atoms with E-state index in [0.717, 1.165) is 38.5 Å². The van der Waals surface area contributed by atoms with Gasteiger partial charge < -0.3 is 9.47 Å². The molecule has 23 heavy (non-hydrogen) atoms. The van der Waals surface area contributed by atoms with Gasteiger partial charge in [0.2, 0.25) is 0 Å². The average Bonchev–Trinajstić information content (AvgIpc) is 3.27. The second kappa shape index (κ2) is 10.2. The number of carbonyl (C=O) groups excluding carboxylic acids is 1. The summed E-state index contributed by atoms with van der Waals surface area (Å²) in [6, 6.07) is 0. The number of carbonyl (C=O) groups is 1. The molecular formula is C20H28O3. The van der Waals surface area contributed by atoms with E-state index in [1.54, 1.807) is 0 Å². The highest BCUT2D eigenvalue weighted by atomic mass is 16.6. The van der Waals surface area contributed by atoms with Crippen LogP contribution in [0.3, 0.4) is 0 Å². The monoisotopic (exact) mass is 316 g/mol. The first kappa shape index (κ1) is 17.7. The molecule has 0 aromatic carbocycles. The maximum absolute atomic E-state index is 11.6. The van der Waals surface area contributed by atoms with Gasteiger partial charge in [-0.3, -0.25) is 4.79 Å². The third-order valence-electron chi connectivity index (χ3n) is 3.92. The Morgan fingerprint density at radius 3 is 2.91 bits per heavy atom. The predicted octanol–water partition coefficient (Wildman–Crippen LogP) is 4.65. The minimum Gasteiger partial charge on any atom is -0.458 e. The molecule has 3 atom stereocenters. The molecule has 0 spiro atoms. The number of esters is 1. The van der Waals surface area contributed by atoms with Gasteiger partial charge in [-0.2, -0.15) is 0 Å². The van der Waals surface area contributed by atoms with Crippen LogP contribution in [0.5, 0.6) is 0 Å². The molecule has 1 saturated heterocycles. The Morgan fingerprint density at radius 2 is 2.04 bits per heavy atom. The van der Waals surface area contributed by atoms with E-state index >= 15 is 0 Å². The maximum atomic E-state index is 11.6. The molecule has 3 heteroatoms. The van der Waals surface area contributed by atoms with Crippen molar-refractivity contribution in [2.24, 2.45) is 0 Å². The smallest absolute Gasteiger partial charge is 0.306 e. The molecule has 2 aliphatic rings. The van der Waals surface area contributed by atoms with Crippen molar-refractivity contribution in [2.75, 3.05) is 0 Å². The quantitative estimate of drug-likeness (QED) is 0.390. The van der Waals surface area contributed by atoms with Gasteiger partial charge in [-0.15, -0.1) is 0 Å². The first-order valence-electron chi connectivity index (χ1n) is 8.78. The lowest BCUT2D eigenvalue weighted by molar-refractivity contribution is -0.146. The van der Waals surface area contributed by atoms with Crippen molar-refractivity contribution in [3.63, 3.8) is 0 Å². The summed E-state index contributed by atoms with van der Waals surface area (Å²) in [4.78, 5) is 11.6. The second-order valence-electron chi connectivity index (χ2n) is 5.97. The first-order chi connectivity index (χ1) is 11.3. The average molecular weight is 316 g/mol. The van der Waals surface area contributed by atoms with Gasteiger partial charge in [0.25, 0.3) is 0 Å². The summed E-state index contributed by atoms with van der Waals surface area (Å²) < 4.78 is 11.1. The highest BCUT2D eigenvalue weighted by molar-refractivity contribution is 5.69. The maximum Gasteiger partial charge on any atom is 0.306 e. The van der Waals surface area contributed by atoms with Crippen molar-refractivity contribution in [1.82, 2.24) is 0 Å². The molecule has 0 aromatic heterocycles. The van der Waals surface area contributed by atoms with Crippen molar-refractivity contribution in [3.8, 4) is 0 Å². The zero-order chi connectivity index (χ0) is 16.3. The van der Waals surface area contributed by atoms with Crippen molar-refractivity contribution >= 4 is 5.97 Å². The van der Waals surface area contributed by atoms with E-state index in [-0.39, 0.29) is 24.3 Å². The fraction of sp³-hybridized carbons (Fsp3) is 0.550. The van der Waals surface area contributed by atoms with Crippen LogP contribution in [0, 0.1) is 0 Å². The molecule has 0 bridgehead atoms. The number of hydrogen-bond acceptors (Lipinski definition) is 3. The molecule has 3 nitrogen and oxygen atoms in total. The van der Waals surface area contributed by atoms with Crippen LogP contribution in [0.4, 0.5) is 0 Å². The minimum absolute atomic E-state index is 0.0975. The Morgan fingerprint density at radius 1 is 1.17 bits per heavy atom. The Hall–Kier alpha value is -1.61. The summed E-state index contributed by atoms with van der Waals surface area (Å²) in [5, 5.41) is 0. The third-order valence-corrected chi connectivity index (χ3v) is 3.92. The lowest BCUT2D eigenvalue weighted by Crippen LogP contribution is -2.15. The summed E-state index contributed by atoms with van der Waals surface area (Å²) in [5.41, 5.74) is 0. The van der Waals surface area contributed by atoms with Crippen LogP contribution in [0.2, 0.25) is 0 Å². The lowest BCUT2D eigenvalue weighted by atomic mass is 10.1. The van der Waals surface area contributed by atoms with Gasteiger partial charge in [0.1, 0.15) is 12.2 Å². The number of cyclic esters (lactones) is 1. The molecule has 0 radical (unpaired) electrons. The van der Waals surface area contributed by atoms with Gasteiger partial charge in [-0.25, -0.2) is 0 Å². The highest BCUT2D eigenvalue weighted by Crippen LogP contribution is 2.27. The van der Waals surface area contributed by atoms with Gasteiger partial charge in [-0.05, 0) is 38.2 Å². The van der Waals surface area contributed by atoms with E-state index in [0.29, 0.717) is 6.42 Å². The summed E-state index contributed by atoms with van der Waals surface area (Å²) in [7, 11) is 0. The minimum atomic E-state index is -0.156. The van der Waals surface area contributed by atoms with Crippen molar-refractivity contribution in [1.29, 1.82) is 0 Å². The normalized spacial score (nSPS) is 30.3. The molecule has 0 saturated carbocycles. The van der Waals surface area contributed by atoms with Gasteiger partial charge in [-0.1, -0.05) is 49.5 Å². The molecular weight excluding hydrogens is 288 g/mol. The molecule has 2 aliphatic heterocycles. The largest absolute Gasteiger partial charge is 0.458 e. The SMILES string of the molecule is CC/C=C\C/C=C\C[C@@H]1O[C@@H]1C=C[C@@H]1C/C=C\CCCC(=O)O1. The molecule has 0 amide bonds. The van der Waals surface area contributed by atoms with E-state index in [9.17, 15) is 4.79 Å². The summed E-state index contributed by atoms with van der Waals surface area (Å²) >= 11 is 0. The Balaban J connectivity index is 1.69. The summed E-state index contributed by atoms with van der Waals surface area (Å²) in [6.07, 6.45) is 23.4. The van der Waals surface area contributed by atoms with Crippen molar-refractivity contribution in [3.05, 3.63) is 48.6 Å². The van der Waals surface area contributed by atoms with E-state index in [1.807, 2.05) is 12.2 Å². The number of ether oxygens (including phenoxy) is 2. The molecule has 0 N–H and O–H groups in total. The van der Waals surface area contributed by atoms with E-state index in [2.05, 4.69) is 43.4 Å². The standard InChI is InChI=1S/C20H28O3/c1-2-3-4-5-6-10-13-18-19(23-18)16-15-17-12-9-7-8-11-14-20(21)22-17/h3-4,6-7,9-10,15-19H,2,5,8,11-14H2,1H3/b4-3-,9-7-,10-6-,16-15?/t17-,18-,19+/m0/s1. The van der Waals surface area contributed by atoms with Crippen LogP contribution in [-0.2, 0) is 14.3 Å².